The molecule has 1 aliphatic rings. The van der Waals surface area contributed by atoms with E-state index in [2.05, 4.69) is 34.1 Å². The molecule has 0 aliphatic carbocycles. The Balaban J connectivity index is 1.50. The highest BCUT2D eigenvalue weighted by atomic mass is 16.5. The topological polar surface area (TPSA) is 68.4 Å². The number of carbonyl (C=O) groups excluding carboxylic acids is 1. The summed E-state index contributed by atoms with van der Waals surface area (Å²) in [5, 5.41) is 10.00. The number of aromatic nitrogens is 1. The van der Waals surface area contributed by atoms with Gasteiger partial charge < -0.3 is 4.98 Å². The highest BCUT2D eigenvalue weighted by molar-refractivity contribution is 5.93. The number of hydrogen-bond donors (Lipinski definition) is 3. The summed E-state index contributed by atoms with van der Waals surface area (Å²) in [5.41, 5.74) is 7.22. The van der Waals surface area contributed by atoms with Gasteiger partial charge >= 0.3 is 0 Å². The molecule has 0 atom stereocenters. The molecule has 0 spiro atoms. The van der Waals surface area contributed by atoms with Gasteiger partial charge in [0.05, 0.1) is 0 Å². The van der Waals surface area contributed by atoms with Crippen molar-refractivity contribution in [1.82, 2.24) is 15.4 Å². The van der Waals surface area contributed by atoms with Crippen LogP contribution in [0.4, 0.5) is 0 Å². The molecule has 5 nitrogen and oxygen atoms in total. The van der Waals surface area contributed by atoms with E-state index in [9.17, 15) is 4.79 Å². The van der Waals surface area contributed by atoms with Crippen LogP contribution in [0.1, 0.15) is 27.2 Å². The average Bonchev–Trinajstić information content (AvgIpc) is 2.99. The molecule has 0 bridgehead atoms. The lowest BCUT2D eigenvalue weighted by Gasteiger charge is -2.27. The SMILES string of the molecule is O=C(NO)c1ccc(CN2CCc3c([nH]c4ccccc34)C2)cc1. The van der Waals surface area contributed by atoms with Crippen molar-refractivity contribution >= 4 is 16.8 Å². The molecule has 2 aromatic carbocycles. The first kappa shape index (κ1) is 14.9. The molecular formula is C19H19N3O2. The van der Waals surface area contributed by atoms with Crippen molar-refractivity contribution in [2.24, 2.45) is 0 Å². The normalized spacial score (nSPS) is 14.5. The van der Waals surface area contributed by atoms with Gasteiger partial charge in [0.25, 0.3) is 5.91 Å². The zero-order chi connectivity index (χ0) is 16.5. The smallest absolute Gasteiger partial charge is 0.274 e. The number of nitrogens with zero attached hydrogens (tertiary/aromatic N) is 1. The molecule has 0 fully saturated rings. The molecule has 3 aromatic rings. The largest absolute Gasteiger partial charge is 0.357 e. The fourth-order valence-corrected chi connectivity index (χ4v) is 3.47. The Hall–Kier alpha value is -2.63. The van der Waals surface area contributed by atoms with Crippen LogP contribution in [0.5, 0.6) is 0 Å². The quantitative estimate of drug-likeness (QED) is 0.513. The zero-order valence-corrected chi connectivity index (χ0v) is 13.2. The third-order valence-corrected chi connectivity index (χ3v) is 4.69. The van der Waals surface area contributed by atoms with Crippen molar-refractivity contribution in [3.8, 4) is 0 Å². The third-order valence-electron chi connectivity index (χ3n) is 4.69. The molecule has 1 aliphatic heterocycles. The van der Waals surface area contributed by atoms with Crippen molar-refractivity contribution in [1.29, 1.82) is 0 Å². The summed E-state index contributed by atoms with van der Waals surface area (Å²) >= 11 is 0. The lowest BCUT2D eigenvalue weighted by molar-refractivity contribution is 0.0706. The minimum Gasteiger partial charge on any atom is -0.357 e. The van der Waals surface area contributed by atoms with E-state index in [1.54, 1.807) is 17.6 Å². The van der Waals surface area contributed by atoms with Crippen molar-refractivity contribution in [3.05, 3.63) is 70.9 Å². The molecule has 1 amide bonds. The Labute approximate surface area is 139 Å². The number of hydrogen-bond acceptors (Lipinski definition) is 3. The molecule has 122 valence electrons. The predicted octanol–water partition coefficient (Wildman–Crippen LogP) is 2.85. The van der Waals surface area contributed by atoms with E-state index in [1.165, 1.54) is 22.2 Å². The minimum absolute atomic E-state index is 0.456. The van der Waals surface area contributed by atoms with E-state index in [-0.39, 0.29) is 0 Å². The Morgan fingerprint density at radius 3 is 2.75 bits per heavy atom. The van der Waals surface area contributed by atoms with Gasteiger partial charge in [0.1, 0.15) is 0 Å². The van der Waals surface area contributed by atoms with Crippen LogP contribution in [0.15, 0.2) is 48.5 Å². The number of para-hydroxylation sites is 1. The van der Waals surface area contributed by atoms with E-state index in [4.69, 9.17) is 5.21 Å². The molecule has 0 saturated heterocycles. The molecular weight excluding hydrogens is 302 g/mol. The van der Waals surface area contributed by atoms with Gasteiger partial charge in [-0.15, -0.1) is 0 Å². The van der Waals surface area contributed by atoms with Crippen LogP contribution in [0.25, 0.3) is 10.9 Å². The van der Waals surface area contributed by atoms with Gasteiger partial charge in [0, 0.05) is 41.8 Å². The second kappa shape index (κ2) is 6.11. The molecule has 1 aromatic heterocycles. The molecule has 0 saturated carbocycles. The monoisotopic (exact) mass is 321 g/mol. The first-order valence-corrected chi connectivity index (χ1v) is 8.09. The van der Waals surface area contributed by atoms with Crippen LogP contribution < -0.4 is 5.48 Å². The summed E-state index contributed by atoms with van der Waals surface area (Å²) in [4.78, 5) is 17.3. The van der Waals surface area contributed by atoms with Gasteiger partial charge in [0.2, 0.25) is 0 Å². The number of hydroxylamine groups is 1. The summed E-state index contributed by atoms with van der Waals surface area (Å²) in [5.74, 6) is -0.484. The van der Waals surface area contributed by atoms with Gasteiger partial charge in [-0.3, -0.25) is 14.9 Å². The summed E-state index contributed by atoms with van der Waals surface area (Å²) in [7, 11) is 0. The van der Waals surface area contributed by atoms with Crippen molar-refractivity contribution in [2.45, 2.75) is 19.5 Å². The highest BCUT2D eigenvalue weighted by Crippen LogP contribution is 2.28. The summed E-state index contributed by atoms with van der Waals surface area (Å²) < 4.78 is 0. The number of nitrogens with one attached hydrogen (secondary N) is 2. The zero-order valence-electron chi connectivity index (χ0n) is 13.2. The van der Waals surface area contributed by atoms with Crippen LogP contribution >= 0.6 is 0 Å². The number of amides is 1. The van der Waals surface area contributed by atoms with Crippen LogP contribution in [-0.4, -0.2) is 27.5 Å². The number of benzene rings is 2. The lowest BCUT2D eigenvalue weighted by atomic mass is 10.0. The van der Waals surface area contributed by atoms with E-state index in [1.807, 2.05) is 12.1 Å². The number of carbonyl (C=O) groups is 1. The van der Waals surface area contributed by atoms with E-state index in [0.29, 0.717) is 5.56 Å². The number of rotatable bonds is 3. The first-order valence-electron chi connectivity index (χ1n) is 8.09. The molecule has 2 heterocycles. The Morgan fingerprint density at radius 1 is 1.17 bits per heavy atom. The fraction of sp³-hybridized carbons (Fsp3) is 0.211. The molecule has 3 N–H and O–H groups in total. The second-order valence-electron chi connectivity index (χ2n) is 6.23. The van der Waals surface area contributed by atoms with E-state index < -0.39 is 5.91 Å². The minimum atomic E-state index is -0.484. The van der Waals surface area contributed by atoms with Gasteiger partial charge in [-0.2, -0.15) is 0 Å². The molecule has 0 radical (unpaired) electrons. The maximum atomic E-state index is 11.4. The first-order chi connectivity index (χ1) is 11.7. The summed E-state index contributed by atoms with van der Waals surface area (Å²) in [6.07, 6.45) is 1.05. The summed E-state index contributed by atoms with van der Waals surface area (Å²) in [6.45, 7) is 2.77. The Morgan fingerprint density at radius 2 is 1.96 bits per heavy atom. The number of H-pyrrole nitrogens is 1. The van der Waals surface area contributed by atoms with E-state index >= 15 is 0 Å². The van der Waals surface area contributed by atoms with Gasteiger partial charge in [0.15, 0.2) is 0 Å². The average molecular weight is 321 g/mol. The van der Waals surface area contributed by atoms with Crippen LogP contribution in [0.2, 0.25) is 0 Å². The number of fused-ring (bicyclic) bond motifs is 3. The van der Waals surface area contributed by atoms with Crippen LogP contribution in [0, 0.1) is 0 Å². The molecule has 0 unspecified atom stereocenters. The highest BCUT2D eigenvalue weighted by Gasteiger charge is 2.20. The fourth-order valence-electron chi connectivity index (χ4n) is 3.47. The molecule has 24 heavy (non-hydrogen) atoms. The van der Waals surface area contributed by atoms with Crippen molar-refractivity contribution < 1.29 is 10.0 Å². The van der Waals surface area contributed by atoms with Gasteiger partial charge in [-0.05, 0) is 35.7 Å². The third kappa shape index (κ3) is 2.68. The lowest BCUT2D eigenvalue weighted by Crippen LogP contribution is -2.29. The molecule has 5 heteroatoms. The van der Waals surface area contributed by atoms with Gasteiger partial charge in [-0.25, -0.2) is 5.48 Å². The Kier molecular flexibility index (Phi) is 3.80. The maximum Gasteiger partial charge on any atom is 0.274 e. The standard InChI is InChI=1S/C19H19N3O2/c23-19(21-24)14-7-5-13(6-8-14)11-22-10-9-16-15-3-1-2-4-17(15)20-18(16)12-22/h1-8,20,24H,9-12H2,(H,21,23). The summed E-state index contributed by atoms with van der Waals surface area (Å²) in [6, 6.07) is 15.8. The number of aromatic amines is 1. The van der Waals surface area contributed by atoms with Crippen molar-refractivity contribution in [3.63, 3.8) is 0 Å². The van der Waals surface area contributed by atoms with Crippen LogP contribution in [0.3, 0.4) is 0 Å². The Bertz CT molecular complexity index is 883. The van der Waals surface area contributed by atoms with Gasteiger partial charge in [-0.1, -0.05) is 30.3 Å². The maximum absolute atomic E-state index is 11.4. The van der Waals surface area contributed by atoms with Crippen LogP contribution in [-0.2, 0) is 19.5 Å². The predicted molar refractivity (Wildman–Crippen MR) is 91.8 cm³/mol. The van der Waals surface area contributed by atoms with Crippen molar-refractivity contribution in [2.75, 3.05) is 6.54 Å². The second-order valence-corrected chi connectivity index (χ2v) is 6.23. The van der Waals surface area contributed by atoms with E-state index in [0.717, 1.165) is 31.6 Å². The molecule has 4 rings (SSSR count).